The Morgan fingerprint density at radius 2 is 2.20 bits per heavy atom. The molecule has 1 aliphatic carbocycles. The molecular weight excluding hydrogens is 190 g/mol. The van der Waals surface area contributed by atoms with Gasteiger partial charge in [-0.15, -0.1) is 0 Å². The van der Waals surface area contributed by atoms with E-state index in [0.717, 1.165) is 19.3 Å². The van der Waals surface area contributed by atoms with Gasteiger partial charge in [0.15, 0.2) is 0 Å². The fourth-order valence-electron chi connectivity index (χ4n) is 1.63. The third-order valence-corrected chi connectivity index (χ3v) is 2.38. The monoisotopic (exact) mass is 211 g/mol. The van der Waals surface area contributed by atoms with Crippen molar-refractivity contribution in [2.45, 2.75) is 58.1 Å². The van der Waals surface area contributed by atoms with Crippen molar-refractivity contribution in [1.82, 2.24) is 5.32 Å². The Balaban J connectivity index is 2.34. The van der Waals surface area contributed by atoms with Crippen LogP contribution in [0.5, 0.6) is 0 Å². The van der Waals surface area contributed by atoms with Crippen molar-refractivity contribution in [3.63, 3.8) is 0 Å². The van der Waals surface area contributed by atoms with Crippen molar-refractivity contribution in [3.8, 4) is 0 Å². The largest absolute Gasteiger partial charge is 0.442 e. The highest BCUT2D eigenvalue weighted by Gasteiger charge is 2.12. The zero-order chi connectivity index (χ0) is 11.1. The summed E-state index contributed by atoms with van der Waals surface area (Å²) in [5, 5.41) is 2.73. The number of carbonyl (C=O) groups excluding carboxylic acids is 1. The van der Waals surface area contributed by atoms with E-state index >= 15 is 0 Å². The van der Waals surface area contributed by atoms with E-state index in [2.05, 4.69) is 11.4 Å². The molecule has 0 aromatic carbocycles. The van der Waals surface area contributed by atoms with E-state index in [1.807, 2.05) is 19.9 Å². The second kappa shape index (κ2) is 6.49. The fourth-order valence-corrected chi connectivity index (χ4v) is 1.63. The van der Waals surface area contributed by atoms with E-state index in [4.69, 9.17) is 4.74 Å². The van der Waals surface area contributed by atoms with Crippen molar-refractivity contribution < 1.29 is 9.53 Å². The molecule has 1 aliphatic rings. The lowest BCUT2D eigenvalue weighted by Gasteiger charge is -2.17. The Hall–Kier alpha value is -0.990. The number of hydrogen-bond donors (Lipinski definition) is 1. The average molecular weight is 211 g/mol. The van der Waals surface area contributed by atoms with E-state index < -0.39 is 0 Å². The Kier molecular flexibility index (Phi) is 5.22. The second-order valence-corrected chi connectivity index (χ2v) is 4.31. The molecule has 0 fully saturated rings. The first-order valence-corrected chi connectivity index (χ1v) is 5.82. The Morgan fingerprint density at radius 1 is 1.40 bits per heavy atom. The van der Waals surface area contributed by atoms with Gasteiger partial charge in [0.05, 0.1) is 0 Å². The summed E-state index contributed by atoms with van der Waals surface area (Å²) in [5.41, 5.74) is 0. The second-order valence-electron chi connectivity index (χ2n) is 4.31. The molecule has 1 amide bonds. The van der Waals surface area contributed by atoms with Crippen LogP contribution in [0.15, 0.2) is 12.2 Å². The minimum absolute atomic E-state index is 0.0379. The minimum Gasteiger partial charge on any atom is -0.442 e. The van der Waals surface area contributed by atoms with Crippen LogP contribution >= 0.6 is 0 Å². The molecular formula is C12H21NO2. The van der Waals surface area contributed by atoms with Gasteiger partial charge in [0.25, 0.3) is 0 Å². The molecule has 1 rings (SSSR count). The van der Waals surface area contributed by atoms with Crippen LogP contribution in [0.1, 0.15) is 46.0 Å². The highest BCUT2D eigenvalue weighted by atomic mass is 16.6. The van der Waals surface area contributed by atoms with Gasteiger partial charge in [-0.1, -0.05) is 12.5 Å². The highest BCUT2D eigenvalue weighted by molar-refractivity contribution is 5.67. The van der Waals surface area contributed by atoms with Gasteiger partial charge in [0.2, 0.25) is 0 Å². The zero-order valence-corrected chi connectivity index (χ0v) is 9.66. The lowest BCUT2D eigenvalue weighted by Crippen LogP contribution is -2.33. The third-order valence-electron chi connectivity index (χ3n) is 2.38. The first kappa shape index (κ1) is 12.1. The maximum absolute atomic E-state index is 11.4. The lowest BCUT2D eigenvalue weighted by molar-refractivity contribution is 0.111. The summed E-state index contributed by atoms with van der Waals surface area (Å²) in [6.45, 7) is 3.85. The van der Waals surface area contributed by atoms with Gasteiger partial charge in [0, 0.05) is 6.04 Å². The van der Waals surface area contributed by atoms with E-state index in [1.54, 1.807) is 0 Å². The van der Waals surface area contributed by atoms with Gasteiger partial charge in [-0.25, -0.2) is 4.79 Å². The molecule has 0 aliphatic heterocycles. The molecule has 0 aromatic heterocycles. The summed E-state index contributed by atoms with van der Waals surface area (Å²) >= 11 is 0. The zero-order valence-electron chi connectivity index (χ0n) is 9.66. The quantitative estimate of drug-likeness (QED) is 0.713. The molecule has 1 N–H and O–H groups in total. The lowest BCUT2D eigenvalue weighted by atomic mass is 10.0. The number of carbonyl (C=O) groups is 1. The normalized spacial score (nSPS) is 24.1. The molecule has 0 saturated heterocycles. The fraction of sp³-hybridized carbons (Fsp3) is 0.750. The summed E-state index contributed by atoms with van der Waals surface area (Å²) in [7, 11) is 0. The SMILES string of the molecule is CC(C)NC(=O)OC1/C=C/CCCCC1. The number of allylic oxidation sites excluding steroid dienone is 1. The first-order chi connectivity index (χ1) is 7.18. The van der Waals surface area contributed by atoms with Crippen LogP contribution in [-0.2, 0) is 4.74 Å². The summed E-state index contributed by atoms with van der Waals surface area (Å²) in [5.74, 6) is 0. The van der Waals surface area contributed by atoms with Gasteiger partial charge in [-0.3, -0.25) is 0 Å². The summed E-state index contributed by atoms with van der Waals surface area (Å²) in [6, 6.07) is 0.134. The van der Waals surface area contributed by atoms with Gasteiger partial charge in [-0.05, 0) is 45.6 Å². The van der Waals surface area contributed by atoms with Crippen molar-refractivity contribution in [1.29, 1.82) is 0 Å². The Bertz CT molecular complexity index is 224. The smallest absolute Gasteiger partial charge is 0.407 e. The van der Waals surface area contributed by atoms with Crippen LogP contribution in [0.3, 0.4) is 0 Å². The Labute approximate surface area is 91.9 Å². The number of ether oxygens (including phenoxy) is 1. The molecule has 15 heavy (non-hydrogen) atoms. The predicted octanol–water partition coefficient (Wildman–Crippen LogP) is 3.01. The first-order valence-electron chi connectivity index (χ1n) is 5.82. The van der Waals surface area contributed by atoms with Crippen LogP contribution in [0, 0.1) is 0 Å². The standard InChI is InChI=1S/C12H21NO2/c1-10(2)13-12(14)15-11-8-6-4-3-5-7-9-11/h6,8,10-11H,3-5,7,9H2,1-2H3,(H,13,14)/b8-6+. The molecule has 0 spiro atoms. The topological polar surface area (TPSA) is 38.3 Å². The van der Waals surface area contributed by atoms with Crippen molar-refractivity contribution in [2.24, 2.45) is 0 Å². The van der Waals surface area contributed by atoms with Crippen LogP contribution in [-0.4, -0.2) is 18.2 Å². The summed E-state index contributed by atoms with van der Waals surface area (Å²) in [4.78, 5) is 11.4. The van der Waals surface area contributed by atoms with Crippen molar-refractivity contribution in [2.75, 3.05) is 0 Å². The maximum atomic E-state index is 11.4. The van der Waals surface area contributed by atoms with Crippen molar-refractivity contribution in [3.05, 3.63) is 12.2 Å². The molecule has 3 heteroatoms. The highest BCUT2D eigenvalue weighted by Crippen LogP contribution is 2.14. The predicted molar refractivity (Wildman–Crippen MR) is 60.8 cm³/mol. The van der Waals surface area contributed by atoms with Crippen LogP contribution in [0.25, 0.3) is 0 Å². The number of rotatable bonds is 2. The molecule has 86 valence electrons. The van der Waals surface area contributed by atoms with Gasteiger partial charge in [-0.2, -0.15) is 0 Å². The minimum atomic E-state index is -0.305. The van der Waals surface area contributed by atoms with E-state index in [-0.39, 0.29) is 18.2 Å². The molecule has 3 nitrogen and oxygen atoms in total. The average Bonchev–Trinajstić information content (AvgIpc) is 2.08. The molecule has 0 aromatic rings. The molecule has 1 unspecified atom stereocenters. The number of alkyl carbamates (subject to hydrolysis) is 1. The van der Waals surface area contributed by atoms with Crippen LogP contribution in [0.2, 0.25) is 0 Å². The van der Waals surface area contributed by atoms with E-state index in [9.17, 15) is 4.79 Å². The van der Waals surface area contributed by atoms with Gasteiger partial charge in [0.1, 0.15) is 6.10 Å². The third kappa shape index (κ3) is 5.45. The summed E-state index contributed by atoms with van der Waals surface area (Å²) in [6.07, 6.45) is 9.46. The van der Waals surface area contributed by atoms with Gasteiger partial charge >= 0.3 is 6.09 Å². The van der Waals surface area contributed by atoms with Crippen LogP contribution < -0.4 is 5.32 Å². The summed E-state index contributed by atoms with van der Waals surface area (Å²) < 4.78 is 5.30. The number of hydrogen-bond acceptors (Lipinski definition) is 2. The molecule has 0 heterocycles. The van der Waals surface area contributed by atoms with E-state index in [1.165, 1.54) is 12.8 Å². The number of amides is 1. The van der Waals surface area contributed by atoms with Crippen LogP contribution in [0.4, 0.5) is 4.79 Å². The molecule has 0 bridgehead atoms. The molecule has 0 saturated carbocycles. The maximum Gasteiger partial charge on any atom is 0.407 e. The Morgan fingerprint density at radius 3 is 2.93 bits per heavy atom. The van der Waals surface area contributed by atoms with Gasteiger partial charge < -0.3 is 10.1 Å². The molecule has 1 atom stereocenters. The number of nitrogens with one attached hydrogen (secondary N) is 1. The molecule has 0 radical (unpaired) electrons. The van der Waals surface area contributed by atoms with Crippen molar-refractivity contribution >= 4 is 6.09 Å². The van der Waals surface area contributed by atoms with E-state index in [0.29, 0.717) is 0 Å².